The molecule has 1 fully saturated rings. The first-order chi connectivity index (χ1) is 9.08. The molecular weight excluding hydrogens is 234 g/mol. The maximum absolute atomic E-state index is 9.61. The summed E-state index contributed by atoms with van der Waals surface area (Å²) >= 11 is 0. The van der Waals surface area contributed by atoms with Crippen LogP contribution in [-0.4, -0.2) is 35.6 Å². The average Bonchev–Trinajstić information content (AvgIpc) is 2.42. The highest BCUT2D eigenvalue weighted by molar-refractivity contribution is 5.11. The van der Waals surface area contributed by atoms with Crippen LogP contribution in [-0.2, 0) is 0 Å². The van der Waals surface area contributed by atoms with Gasteiger partial charge in [0, 0.05) is 12.1 Å². The standard InChI is InChI=1S/C16H31N3/c1-5-10-18-16(13-17)9-7-8-15(12-16)19(11-6-2)14(3)4/h14-15,18H,5-12H2,1-4H3. The van der Waals surface area contributed by atoms with E-state index in [2.05, 4.69) is 44.0 Å². The van der Waals surface area contributed by atoms with E-state index in [1.54, 1.807) is 0 Å². The lowest BCUT2D eigenvalue weighted by molar-refractivity contribution is 0.0922. The van der Waals surface area contributed by atoms with Crippen molar-refractivity contribution < 1.29 is 0 Å². The van der Waals surface area contributed by atoms with Crippen molar-refractivity contribution in [3.63, 3.8) is 0 Å². The molecule has 0 bridgehead atoms. The minimum atomic E-state index is -0.278. The summed E-state index contributed by atoms with van der Waals surface area (Å²) in [6, 6.07) is 3.72. The summed E-state index contributed by atoms with van der Waals surface area (Å²) < 4.78 is 0. The number of hydrogen-bond donors (Lipinski definition) is 1. The Morgan fingerprint density at radius 3 is 2.63 bits per heavy atom. The number of nitrogens with one attached hydrogen (secondary N) is 1. The summed E-state index contributed by atoms with van der Waals surface area (Å²) in [5.74, 6) is 0. The first-order valence-electron chi connectivity index (χ1n) is 8.00. The van der Waals surface area contributed by atoms with Gasteiger partial charge < -0.3 is 0 Å². The highest BCUT2D eigenvalue weighted by Gasteiger charge is 2.38. The van der Waals surface area contributed by atoms with Gasteiger partial charge in [0.05, 0.1) is 6.07 Å². The van der Waals surface area contributed by atoms with Crippen LogP contribution in [0.5, 0.6) is 0 Å². The van der Waals surface area contributed by atoms with Gasteiger partial charge in [-0.25, -0.2) is 0 Å². The van der Waals surface area contributed by atoms with Crippen molar-refractivity contribution in [1.82, 2.24) is 10.2 Å². The summed E-state index contributed by atoms with van der Waals surface area (Å²) in [6.45, 7) is 11.1. The predicted molar refractivity (Wildman–Crippen MR) is 81.0 cm³/mol. The lowest BCUT2D eigenvalue weighted by Gasteiger charge is -2.43. The number of nitriles is 1. The normalized spacial score (nSPS) is 27.7. The molecule has 110 valence electrons. The van der Waals surface area contributed by atoms with Gasteiger partial charge in [-0.3, -0.25) is 10.2 Å². The van der Waals surface area contributed by atoms with Crippen LogP contribution in [0.4, 0.5) is 0 Å². The second-order valence-corrected chi connectivity index (χ2v) is 6.20. The molecule has 0 aromatic carbocycles. The third kappa shape index (κ3) is 4.47. The first-order valence-corrected chi connectivity index (χ1v) is 8.00. The molecule has 0 heterocycles. The zero-order valence-electron chi connectivity index (χ0n) is 13.2. The summed E-state index contributed by atoms with van der Waals surface area (Å²) in [7, 11) is 0. The van der Waals surface area contributed by atoms with Crippen LogP contribution in [0.1, 0.15) is 66.2 Å². The molecule has 3 heteroatoms. The molecule has 1 aliphatic carbocycles. The van der Waals surface area contributed by atoms with E-state index < -0.39 is 0 Å². The van der Waals surface area contributed by atoms with Gasteiger partial charge in [-0.2, -0.15) is 5.26 Å². The Hall–Kier alpha value is -0.590. The minimum absolute atomic E-state index is 0.278. The Morgan fingerprint density at radius 2 is 2.11 bits per heavy atom. The van der Waals surface area contributed by atoms with Crippen molar-refractivity contribution in [2.24, 2.45) is 0 Å². The fourth-order valence-corrected chi connectivity index (χ4v) is 3.32. The van der Waals surface area contributed by atoms with E-state index in [9.17, 15) is 5.26 Å². The molecule has 2 unspecified atom stereocenters. The van der Waals surface area contributed by atoms with Crippen molar-refractivity contribution in [3.8, 4) is 6.07 Å². The van der Waals surface area contributed by atoms with E-state index in [1.165, 1.54) is 19.3 Å². The van der Waals surface area contributed by atoms with Gasteiger partial charge in [-0.1, -0.05) is 13.8 Å². The fraction of sp³-hybridized carbons (Fsp3) is 0.938. The summed E-state index contributed by atoms with van der Waals surface area (Å²) in [6.07, 6.45) is 6.70. The molecule has 0 aromatic heterocycles. The highest BCUT2D eigenvalue weighted by Crippen LogP contribution is 2.32. The third-order valence-corrected chi connectivity index (χ3v) is 4.27. The van der Waals surface area contributed by atoms with Crippen molar-refractivity contribution in [2.75, 3.05) is 13.1 Å². The molecule has 0 amide bonds. The highest BCUT2D eigenvalue weighted by atomic mass is 15.2. The molecule has 1 aliphatic rings. The first kappa shape index (κ1) is 16.5. The van der Waals surface area contributed by atoms with Gasteiger partial charge in [0.2, 0.25) is 0 Å². The number of hydrogen-bond acceptors (Lipinski definition) is 3. The summed E-state index contributed by atoms with van der Waals surface area (Å²) in [5, 5.41) is 13.1. The molecule has 0 aromatic rings. The molecule has 3 nitrogen and oxygen atoms in total. The molecule has 2 atom stereocenters. The van der Waals surface area contributed by atoms with Gasteiger partial charge in [-0.15, -0.1) is 0 Å². The number of nitrogens with zero attached hydrogens (tertiary/aromatic N) is 2. The lowest BCUT2D eigenvalue weighted by atomic mass is 9.79. The molecule has 0 spiro atoms. The van der Waals surface area contributed by atoms with E-state index in [0.29, 0.717) is 12.1 Å². The molecule has 0 radical (unpaired) electrons. The van der Waals surface area contributed by atoms with Crippen LogP contribution in [0.2, 0.25) is 0 Å². The van der Waals surface area contributed by atoms with Crippen molar-refractivity contribution in [2.45, 2.75) is 83.8 Å². The monoisotopic (exact) mass is 265 g/mol. The zero-order chi connectivity index (χ0) is 14.3. The molecule has 1 saturated carbocycles. The fourth-order valence-electron chi connectivity index (χ4n) is 3.32. The Balaban J connectivity index is 2.73. The van der Waals surface area contributed by atoms with Gasteiger partial charge in [0.25, 0.3) is 0 Å². The van der Waals surface area contributed by atoms with E-state index in [-0.39, 0.29) is 5.54 Å². The van der Waals surface area contributed by atoms with E-state index in [0.717, 1.165) is 32.4 Å². The zero-order valence-corrected chi connectivity index (χ0v) is 13.2. The Morgan fingerprint density at radius 1 is 1.37 bits per heavy atom. The molecular formula is C16H31N3. The van der Waals surface area contributed by atoms with Crippen LogP contribution >= 0.6 is 0 Å². The molecule has 0 saturated heterocycles. The van der Waals surface area contributed by atoms with Gasteiger partial charge in [0.1, 0.15) is 5.54 Å². The molecule has 1 N–H and O–H groups in total. The topological polar surface area (TPSA) is 39.1 Å². The summed E-state index contributed by atoms with van der Waals surface area (Å²) in [4.78, 5) is 2.60. The van der Waals surface area contributed by atoms with Crippen LogP contribution in [0, 0.1) is 11.3 Å². The minimum Gasteiger partial charge on any atom is -0.299 e. The molecule has 19 heavy (non-hydrogen) atoms. The Labute approximate surface area is 119 Å². The molecule has 1 rings (SSSR count). The van der Waals surface area contributed by atoms with E-state index >= 15 is 0 Å². The Kier molecular flexibility index (Phi) is 6.82. The van der Waals surface area contributed by atoms with Crippen molar-refractivity contribution >= 4 is 0 Å². The Bertz CT molecular complexity index is 295. The predicted octanol–water partition coefficient (Wildman–Crippen LogP) is 3.31. The van der Waals surface area contributed by atoms with Crippen LogP contribution < -0.4 is 5.32 Å². The maximum atomic E-state index is 9.61. The van der Waals surface area contributed by atoms with Gasteiger partial charge >= 0.3 is 0 Å². The second-order valence-electron chi connectivity index (χ2n) is 6.20. The summed E-state index contributed by atoms with van der Waals surface area (Å²) in [5.41, 5.74) is -0.278. The number of rotatable bonds is 7. The van der Waals surface area contributed by atoms with Crippen molar-refractivity contribution in [1.29, 1.82) is 5.26 Å². The van der Waals surface area contributed by atoms with Crippen LogP contribution in [0.15, 0.2) is 0 Å². The molecule has 0 aliphatic heterocycles. The largest absolute Gasteiger partial charge is 0.299 e. The maximum Gasteiger partial charge on any atom is 0.108 e. The van der Waals surface area contributed by atoms with E-state index in [1.807, 2.05) is 0 Å². The second kappa shape index (κ2) is 7.87. The van der Waals surface area contributed by atoms with E-state index in [4.69, 9.17) is 0 Å². The quantitative estimate of drug-likeness (QED) is 0.767. The van der Waals surface area contributed by atoms with Crippen molar-refractivity contribution in [3.05, 3.63) is 0 Å². The van der Waals surface area contributed by atoms with Crippen LogP contribution in [0.3, 0.4) is 0 Å². The lowest BCUT2D eigenvalue weighted by Crippen LogP contribution is -2.54. The smallest absolute Gasteiger partial charge is 0.108 e. The van der Waals surface area contributed by atoms with Crippen LogP contribution in [0.25, 0.3) is 0 Å². The average molecular weight is 265 g/mol. The third-order valence-electron chi connectivity index (χ3n) is 4.27. The van der Waals surface area contributed by atoms with Gasteiger partial charge in [-0.05, 0) is 65.5 Å². The van der Waals surface area contributed by atoms with Gasteiger partial charge in [0.15, 0.2) is 0 Å². The SMILES string of the molecule is CCCNC1(C#N)CCCC(N(CCC)C(C)C)C1.